The number of carbonyl (C=O) groups is 4. The molecule has 11 nitrogen and oxygen atoms in total. The lowest BCUT2D eigenvalue weighted by Crippen LogP contribution is -2.71. The van der Waals surface area contributed by atoms with Gasteiger partial charge in [-0.3, -0.25) is 19.3 Å². The summed E-state index contributed by atoms with van der Waals surface area (Å²) in [6, 6.07) is 23.1. The third-order valence-corrected chi connectivity index (χ3v) is 11.1. The Morgan fingerprint density at radius 3 is 2.41 bits per heavy atom. The molecule has 49 heavy (non-hydrogen) atoms. The number of nitrogens with zero attached hydrogens (tertiary/aromatic N) is 2. The quantitative estimate of drug-likeness (QED) is 0.0467. The number of hydrogen-bond acceptors (Lipinski definition) is 11. The van der Waals surface area contributed by atoms with E-state index in [0.29, 0.717) is 23.0 Å². The Bertz CT molecular complexity index is 1680. The summed E-state index contributed by atoms with van der Waals surface area (Å²) in [5, 5.41) is 14.4. The summed E-state index contributed by atoms with van der Waals surface area (Å²) >= 11 is 3.94. The standard InChI is InChI=1S/C35H37N3O8S3/c1-35(2,3)34(42)46-21-45-33(41)28-25(19-47-26-16-10-11-17-37(26)43)20-48-32-27(31(40)38(28)32)36-30(39)29(24-14-8-5-9-15-24)49-22-44-18-23-12-6-4-7-13-23/h4-17,27,29,32H,18-22H2,1-3H3,(H,36,39). The number of fused-ring (bicyclic) bond motifs is 1. The molecule has 1 fully saturated rings. The van der Waals surface area contributed by atoms with Gasteiger partial charge in [0.1, 0.15) is 22.4 Å². The van der Waals surface area contributed by atoms with E-state index in [2.05, 4.69) is 5.32 Å². The van der Waals surface area contributed by atoms with Crippen LogP contribution < -0.4 is 10.0 Å². The minimum atomic E-state index is -0.886. The Morgan fingerprint density at radius 2 is 1.71 bits per heavy atom. The maximum atomic E-state index is 13.7. The third kappa shape index (κ3) is 9.18. The molecule has 2 aromatic carbocycles. The van der Waals surface area contributed by atoms with Crippen LogP contribution in [0.4, 0.5) is 0 Å². The Kier molecular flexibility index (Phi) is 12.3. The summed E-state index contributed by atoms with van der Waals surface area (Å²) < 4.78 is 17.0. The molecule has 2 aliphatic rings. The fraction of sp³-hybridized carbons (Fsp3) is 0.343. The molecule has 1 saturated heterocycles. The lowest BCUT2D eigenvalue weighted by molar-refractivity contribution is -0.645. The van der Waals surface area contributed by atoms with Gasteiger partial charge in [-0.2, -0.15) is 4.73 Å². The van der Waals surface area contributed by atoms with E-state index in [-0.39, 0.29) is 23.3 Å². The molecule has 0 bridgehead atoms. The number of amides is 2. The molecule has 0 spiro atoms. The Labute approximate surface area is 297 Å². The average molecular weight is 724 g/mol. The number of carbonyl (C=O) groups excluding carboxylic acids is 4. The van der Waals surface area contributed by atoms with E-state index in [1.165, 1.54) is 46.4 Å². The number of β-lactam (4-membered cyclic amide) rings is 1. The highest BCUT2D eigenvalue weighted by Gasteiger charge is 2.55. The zero-order valence-electron chi connectivity index (χ0n) is 27.2. The first-order chi connectivity index (χ1) is 23.5. The number of aromatic nitrogens is 1. The molecule has 2 amide bonds. The summed E-state index contributed by atoms with van der Waals surface area (Å²) in [5.74, 6) is -1.39. The topological polar surface area (TPSA) is 138 Å². The van der Waals surface area contributed by atoms with Crippen LogP contribution in [0, 0.1) is 10.6 Å². The van der Waals surface area contributed by atoms with E-state index in [1.807, 2.05) is 60.7 Å². The second kappa shape index (κ2) is 16.6. The van der Waals surface area contributed by atoms with Crippen LogP contribution in [0.3, 0.4) is 0 Å². The zero-order chi connectivity index (χ0) is 35.0. The minimum absolute atomic E-state index is 0.0234. The number of pyridine rings is 1. The Morgan fingerprint density at radius 1 is 1.02 bits per heavy atom. The van der Waals surface area contributed by atoms with Crippen LogP contribution in [0.15, 0.2) is 101 Å². The lowest BCUT2D eigenvalue weighted by atomic mass is 9.98. The molecule has 5 rings (SSSR count). The molecule has 258 valence electrons. The van der Waals surface area contributed by atoms with E-state index in [0.717, 1.165) is 15.9 Å². The molecular formula is C35H37N3O8S3. The number of ether oxygens (including phenoxy) is 3. The van der Waals surface area contributed by atoms with Crippen molar-refractivity contribution in [3.63, 3.8) is 0 Å². The van der Waals surface area contributed by atoms with Crippen LogP contribution in [0.1, 0.15) is 37.1 Å². The molecule has 14 heteroatoms. The van der Waals surface area contributed by atoms with E-state index in [1.54, 1.807) is 39.0 Å². The van der Waals surface area contributed by atoms with Crippen LogP contribution in [0.25, 0.3) is 0 Å². The first kappa shape index (κ1) is 36.3. The fourth-order valence-electron chi connectivity index (χ4n) is 4.92. The van der Waals surface area contributed by atoms with Gasteiger partial charge >= 0.3 is 11.9 Å². The van der Waals surface area contributed by atoms with Gasteiger partial charge in [0.25, 0.3) is 10.9 Å². The van der Waals surface area contributed by atoms with Crippen molar-refractivity contribution in [1.82, 2.24) is 10.2 Å². The maximum absolute atomic E-state index is 13.7. The van der Waals surface area contributed by atoms with Crippen LogP contribution >= 0.6 is 35.3 Å². The lowest BCUT2D eigenvalue weighted by Gasteiger charge is -2.50. The molecule has 3 atom stereocenters. The molecule has 0 saturated carbocycles. The minimum Gasteiger partial charge on any atom is -0.618 e. The van der Waals surface area contributed by atoms with Gasteiger partial charge in [0, 0.05) is 23.6 Å². The summed E-state index contributed by atoms with van der Waals surface area (Å²) in [6.45, 7) is 4.80. The highest BCUT2D eigenvalue weighted by atomic mass is 32.2. The number of esters is 2. The Hall–Kier alpha value is -3.98. The van der Waals surface area contributed by atoms with Crippen LogP contribution in [-0.4, -0.2) is 64.3 Å². The third-order valence-electron chi connectivity index (χ3n) is 7.48. The number of thioether (sulfide) groups is 3. The molecule has 1 aromatic heterocycles. The molecule has 3 unspecified atom stereocenters. The first-order valence-electron chi connectivity index (χ1n) is 15.4. The van der Waals surface area contributed by atoms with Crippen LogP contribution in [-0.2, 0) is 40.0 Å². The van der Waals surface area contributed by atoms with Crippen molar-refractivity contribution in [2.45, 2.75) is 49.1 Å². The van der Waals surface area contributed by atoms with E-state index in [9.17, 15) is 24.4 Å². The second-order valence-corrected chi connectivity index (χ2v) is 15.3. The number of benzene rings is 2. The molecule has 3 heterocycles. The predicted octanol–water partition coefficient (Wildman–Crippen LogP) is 4.80. The number of rotatable bonds is 14. The van der Waals surface area contributed by atoms with E-state index in [4.69, 9.17) is 14.2 Å². The maximum Gasteiger partial charge on any atom is 0.357 e. The van der Waals surface area contributed by atoms with Crippen molar-refractivity contribution in [1.29, 1.82) is 0 Å². The normalized spacial score (nSPS) is 17.9. The van der Waals surface area contributed by atoms with Gasteiger partial charge in [-0.25, -0.2) is 4.79 Å². The zero-order valence-corrected chi connectivity index (χ0v) is 29.7. The summed E-state index contributed by atoms with van der Waals surface area (Å²) in [4.78, 5) is 54.4. The van der Waals surface area contributed by atoms with Crippen molar-refractivity contribution in [2.75, 3.05) is 24.2 Å². The van der Waals surface area contributed by atoms with Gasteiger partial charge in [-0.15, -0.1) is 23.5 Å². The summed E-state index contributed by atoms with van der Waals surface area (Å²) in [5.41, 5.74) is 1.58. The molecule has 0 radical (unpaired) electrons. The van der Waals surface area contributed by atoms with Crippen molar-refractivity contribution in [2.24, 2.45) is 5.41 Å². The fourth-order valence-corrected chi connectivity index (χ4v) is 8.20. The van der Waals surface area contributed by atoms with Gasteiger partial charge in [-0.1, -0.05) is 72.4 Å². The van der Waals surface area contributed by atoms with Crippen LogP contribution in [0.5, 0.6) is 0 Å². The highest BCUT2D eigenvalue weighted by Crippen LogP contribution is 2.42. The highest BCUT2D eigenvalue weighted by molar-refractivity contribution is 8.01. The number of nitrogens with one attached hydrogen (secondary N) is 1. The SMILES string of the molecule is CC(C)(C)C(=O)OCOC(=O)C1=C(CSc2cccc[n+]2[O-])CSC2C(NC(=O)C(SCOCc3ccccc3)c3ccccc3)C(=O)N12. The largest absolute Gasteiger partial charge is 0.618 e. The van der Waals surface area contributed by atoms with E-state index >= 15 is 0 Å². The molecule has 1 N–H and O–H groups in total. The van der Waals surface area contributed by atoms with Gasteiger partial charge < -0.3 is 24.7 Å². The monoisotopic (exact) mass is 723 g/mol. The van der Waals surface area contributed by atoms with Crippen molar-refractivity contribution in [3.05, 3.63) is 113 Å². The van der Waals surface area contributed by atoms with Crippen molar-refractivity contribution >= 4 is 59.0 Å². The second-order valence-electron chi connectivity index (χ2n) is 12.1. The van der Waals surface area contributed by atoms with Gasteiger partial charge in [-0.05, 0) is 43.5 Å². The predicted molar refractivity (Wildman–Crippen MR) is 188 cm³/mol. The number of hydrogen-bond donors (Lipinski definition) is 1. The smallest absolute Gasteiger partial charge is 0.357 e. The molecule has 2 aliphatic heterocycles. The average Bonchev–Trinajstić information content (AvgIpc) is 3.10. The summed E-state index contributed by atoms with van der Waals surface area (Å²) in [6.07, 6.45) is 1.38. The van der Waals surface area contributed by atoms with Crippen LogP contribution in [0.2, 0.25) is 0 Å². The first-order valence-corrected chi connectivity index (χ1v) is 18.5. The Balaban J connectivity index is 1.29. The van der Waals surface area contributed by atoms with Crippen molar-refractivity contribution < 1.29 is 38.1 Å². The van der Waals surface area contributed by atoms with E-state index < -0.39 is 46.7 Å². The van der Waals surface area contributed by atoms with Crippen molar-refractivity contribution in [3.8, 4) is 0 Å². The molecule has 0 aliphatic carbocycles. The summed E-state index contributed by atoms with van der Waals surface area (Å²) in [7, 11) is 0. The molecular weight excluding hydrogens is 687 g/mol. The molecule has 3 aromatic rings. The van der Waals surface area contributed by atoms with Gasteiger partial charge in [0.15, 0.2) is 6.20 Å². The van der Waals surface area contributed by atoms with Gasteiger partial charge in [0.2, 0.25) is 12.7 Å². The van der Waals surface area contributed by atoms with Gasteiger partial charge in [0.05, 0.1) is 18.0 Å².